The fourth-order valence-electron chi connectivity index (χ4n) is 3.01. The molecule has 2 aromatic rings. The van der Waals surface area contributed by atoms with Crippen molar-refractivity contribution < 1.29 is 4.74 Å². The van der Waals surface area contributed by atoms with Crippen LogP contribution in [0, 0.1) is 0 Å². The van der Waals surface area contributed by atoms with Crippen LogP contribution in [0.3, 0.4) is 0 Å². The third kappa shape index (κ3) is 5.09. The van der Waals surface area contributed by atoms with E-state index in [1.807, 2.05) is 18.2 Å². The molecule has 0 spiro atoms. The summed E-state index contributed by atoms with van der Waals surface area (Å²) in [5, 5.41) is 0. The van der Waals surface area contributed by atoms with Gasteiger partial charge in [-0.3, -0.25) is 0 Å². The molecule has 2 N–H and O–H groups in total. The molecule has 2 nitrogen and oxygen atoms in total. The van der Waals surface area contributed by atoms with Crippen molar-refractivity contribution in [2.45, 2.75) is 65.4 Å². The third-order valence-corrected chi connectivity index (χ3v) is 4.51. The highest BCUT2D eigenvalue weighted by molar-refractivity contribution is 5.49. The lowest BCUT2D eigenvalue weighted by molar-refractivity contribution is 0.300. The van der Waals surface area contributed by atoms with Crippen LogP contribution in [0.4, 0.5) is 0 Å². The SMILES string of the molecule is CC(C)(C)c1cc(OCc2ccccc2)c(CCN)c(C(C)(C)C)c1. The maximum atomic E-state index is 6.29. The van der Waals surface area contributed by atoms with E-state index in [2.05, 4.69) is 65.8 Å². The van der Waals surface area contributed by atoms with Gasteiger partial charge < -0.3 is 10.5 Å². The molecular formula is C23H33NO. The second kappa shape index (κ2) is 7.61. The zero-order valence-corrected chi connectivity index (χ0v) is 16.6. The normalized spacial score (nSPS) is 12.3. The molecule has 2 rings (SSSR count). The van der Waals surface area contributed by atoms with Crippen LogP contribution < -0.4 is 10.5 Å². The molecule has 0 radical (unpaired) electrons. The summed E-state index contributed by atoms with van der Waals surface area (Å²) in [6.45, 7) is 14.7. The summed E-state index contributed by atoms with van der Waals surface area (Å²) in [5.74, 6) is 0.978. The first-order valence-corrected chi connectivity index (χ1v) is 9.17. The van der Waals surface area contributed by atoms with E-state index in [1.54, 1.807) is 0 Å². The predicted molar refractivity (Wildman–Crippen MR) is 107 cm³/mol. The lowest BCUT2D eigenvalue weighted by Gasteiger charge is -2.29. The maximum Gasteiger partial charge on any atom is 0.123 e. The van der Waals surface area contributed by atoms with Gasteiger partial charge in [-0.25, -0.2) is 0 Å². The molecule has 2 aromatic carbocycles. The van der Waals surface area contributed by atoms with E-state index in [1.165, 1.54) is 22.3 Å². The van der Waals surface area contributed by atoms with Gasteiger partial charge in [0.25, 0.3) is 0 Å². The highest BCUT2D eigenvalue weighted by Crippen LogP contribution is 2.37. The van der Waals surface area contributed by atoms with Gasteiger partial charge in [0.2, 0.25) is 0 Å². The smallest absolute Gasteiger partial charge is 0.123 e. The Kier molecular flexibility index (Phi) is 5.95. The molecule has 25 heavy (non-hydrogen) atoms. The van der Waals surface area contributed by atoms with Crippen molar-refractivity contribution in [1.29, 1.82) is 0 Å². The van der Waals surface area contributed by atoms with Crippen LogP contribution in [0.15, 0.2) is 42.5 Å². The van der Waals surface area contributed by atoms with Gasteiger partial charge in [0, 0.05) is 0 Å². The molecular weight excluding hydrogens is 306 g/mol. The van der Waals surface area contributed by atoms with E-state index in [-0.39, 0.29) is 10.8 Å². The molecule has 0 fully saturated rings. The first-order chi connectivity index (χ1) is 11.6. The Balaban J connectivity index is 2.50. The summed E-state index contributed by atoms with van der Waals surface area (Å²) < 4.78 is 6.29. The highest BCUT2D eigenvalue weighted by atomic mass is 16.5. The van der Waals surface area contributed by atoms with Crippen LogP contribution in [0.25, 0.3) is 0 Å². The molecule has 0 saturated heterocycles. The van der Waals surface area contributed by atoms with E-state index in [0.717, 1.165) is 12.2 Å². The van der Waals surface area contributed by atoms with Crippen molar-refractivity contribution >= 4 is 0 Å². The second-order valence-electron chi connectivity index (χ2n) is 8.81. The number of ether oxygens (including phenoxy) is 1. The van der Waals surface area contributed by atoms with Gasteiger partial charge in [-0.15, -0.1) is 0 Å². The molecule has 2 heteroatoms. The third-order valence-electron chi connectivity index (χ3n) is 4.51. The number of rotatable bonds is 5. The average Bonchev–Trinajstić information content (AvgIpc) is 2.52. The molecule has 0 amide bonds. The monoisotopic (exact) mass is 339 g/mol. The minimum absolute atomic E-state index is 0.0522. The van der Waals surface area contributed by atoms with Crippen molar-refractivity contribution in [2.24, 2.45) is 5.73 Å². The molecule has 0 bridgehead atoms. The first kappa shape index (κ1) is 19.5. The van der Waals surface area contributed by atoms with E-state index in [0.29, 0.717) is 13.2 Å². The van der Waals surface area contributed by atoms with Crippen LogP contribution in [0.1, 0.15) is 63.8 Å². The molecule has 0 unspecified atom stereocenters. The van der Waals surface area contributed by atoms with E-state index < -0.39 is 0 Å². The Hall–Kier alpha value is -1.80. The quantitative estimate of drug-likeness (QED) is 0.795. The predicted octanol–water partition coefficient (Wildman–Crippen LogP) is 5.36. The van der Waals surface area contributed by atoms with Crippen LogP contribution >= 0.6 is 0 Å². The van der Waals surface area contributed by atoms with Crippen LogP contribution in [-0.4, -0.2) is 6.54 Å². The van der Waals surface area contributed by atoms with Crippen molar-refractivity contribution in [3.05, 3.63) is 64.7 Å². The maximum absolute atomic E-state index is 6.29. The summed E-state index contributed by atoms with van der Waals surface area (Å²) in [4.78, 5) is 0. The molecule has 0 atom stereocenters. The van der Waals surface area contributed by atoms with Crippen molar-refractivity contribution in [3.8, 4) is 5.75 Å². The first-order valence-electron chi connectivity index (χ1n) is 9.17. The largest absolute Gasteiger partial charge is 0.489 e. The zero-order chi connectivity index (χ0) is 18.7. The fraction of sp³-hybridized carbons (Fsp3) is 0.478. The Labute approximate surface area is 153 Å². The second-order valence-corrected chi connectivity index (χ2v) is 8.81. The summed E-state index contributed by atoms with van der Waals surface area (Å²) in [6, 6.07) is 14.9. The van der Waals surface area contributed by atoms with Gasteiger partial charge in [0.15, 0.2) is 0 Å². The molecule has 0 aromatic heterocycles. The lowest BCUT2D eigenvalue weighted by atomic mass is 9.77. The van der Waals surface area contributed by atoms with Gasteiger partial charge in [-0.1, -0.05) is 77.9 Å². The molecule has 0 aliphatic carbocycles. The van der Waals surface area contributed by atoms with Crippen molar-refractivity contribution in [2.75, 3.05) is 6.54 Å². The molecule has 136 valence electrons. The number of hydrogen-bond donors (Lipinski definition) is 1. The average molecular weight is 340 g/mol. The standard InChI is InChI=1S/C23H33NO/c1-22(2,3)18-14-20(23(4,5)6)19(12-13-24)21(15-18)25-16-17-10-8-7-9-11-17/h7-11,14-15H,12-13,16,24H2,1-6H3. The highest BCUT2D eigenvalue weighted by Gasteiger charge is 2.25. The van der Waals surface area contributed by atoms with Crippen LogP contribution in [0.2, 0.25) is 0 Å². The summed E-state index contributed by atoms with van der Waals surface area (Å²) in [6.07, 6.45) is 0.834. The molecule has 0 heterocycles. The van der Waals surface area contributed by atoms with Gasteiger partial charge in [0.1, 0.15) is 12.4 Å². The van der Waals surface area contributed by atoms with Crippen molar-refractivity contribution in [3.63, 3.8) is 0 Å². The summed E-state index contributed by atoms with van der Waals surface area (Å²) in [7, 11) is 0. The molecule has 0 aliphatic rings. The Morgan fingerprint density at radius 1 is 0.880 bits per heavy atom. The van der Waals surface area contributed by atoms with Crippen molar-refractivity contribution in [1.82, 2.24) is 0 Å². The van der Waals surface area contributed by atoms with Crippen LogP contribution in [0.5, 0.6) is 5.75 Å². The van der Waals surface area contributed by atoms with Gasteiger partial charge in [-0.2, -0.15) is 0 Å². The van der Waals surface area contributed by atoms with Gasteiger partial charge in [0.05, 0.1) is 0 Å². The minimum atomic E-state index is 0.0522. The van der Waals surface area contributed by atoms with E-state index in [4.69, 9.17) is 10.5 Å². The number of nitrogens with two attached hydrogens (primary N) is 1. The van der Waals surface area contributed by atoms with E-state index >= 15 is 0 Å². The Morgan fingerprint density at radius 3 is 2.04 bits per heavy atom. The molecule has 0 aliphatic heterocycles. The van der Waals surface area contributed by atoms with E-state index in [9.17, 15) is 0 Å². The summed E-state index contributed by atoms with van der Waals surface area (Å²) >= 11 is 0. The number of benzene rings is 2. The molecule has 0 saturated carbocycles. The lowest BCUT2D eigenvalue weighted by Crippen LogP contribution is -2.21. The topological polar surface area (TPSA) is 35.2 Å². The van der Waals surface area contributed by atoms with Gasteiger partial charge in [-0.05, 0) is 52.1 Å². The Morgan fingerprint density at radius 2 is 1.52 bits per heavy atom. The van der Waals surface area contributed by atoms with Gasteiger partial charge >= 0.3 is 0 Å². The minimum Gasteiger partial charge on any atom is -0.489 e. The fourth-order valence-corrected chi connectivity index (χ4v) is 3.01. The summed E-state index contributed by atoms with van der Waals surface area (Å²) in [5.41, 5.74) is 11.1. The number of hydrogen-bond acceptors (Lipinski definition) is 2. The zero-order valence-electron chi connectivity index (χ0n) is 16.6. The Bertz CT molecular complexity index is 691. The van der Waals surface area contributed by atoms with Crippen LogP contribution in [-0.2, 0) is 23.9 Å².